The topological polar surface area (TPSA) is 94.4 Å². The molecule has 0 aliphatic carbocycles. The molecule has 0 unspecified atom stereocenters. The lowest BCUT2D eigenvalue weighted by Gasteiger charge is -2.20. The van der Waals surface area contributed by atoms with Crippen LogP contribution in [-0.4, -0.2) is 41.4 Å². The number of carbonyl (C=O) groups is 3. The van der Waals surface area contributed by atoms with Gasteiger partial charge in [0, 0.05) is 10.7 Å². The van der Waals surface area contributed by atoms with Crippen molar-refractivity contribution >= 4 is 40.7 Å². The molecule has 1 N–H and O–H groups in total. The van der Waals surface area contributed by atoms with Crippen molar-refractivity contribution in [2.75, 3.05) is 16.8 Å². The van der Waals surface area contributed by atoms with Gasteiger partial charge in [0.05, 0.1) is 5.69 Å². The summed E-state index contributed by atoms with van der Waals surface area (Å²) < 4.78 is 0. The van der Waals surface area contributed by atoms with Crippen molar-refractivity contribution < 1.29 is 14.4 Å². The Bertz CT molecular complexity index is 1040. The van der Waals surface area contributed by atoms with E-state index in [0.29, 0.717) is 16.4 Å². The first kappa shape index (κ1) is 19.1. The molecule has 0 bridgehead atoms. The summed E-state index contributed by atoms with van der Waals surface area (Å²) >= 11 is 5.88. The van der Waals surface area contributed by atoms with Crippen molar-refractivity contribution in [2.24, 2.45) is 10.3 Å². The van der Waals surface area contributed by atoms with Crippen molar-refractivity contribution in [1.82, 2.24) is 5.01 Å². The van der Waals surface area contributed by atoms with Crippen molar-refractivity contribution in [3.05, 3.63) is 58.6 Å². The van der Waals surface area contributed by atoms with Gasteiger partial charge in [0.2, 0.25) is 5.91 Å². The molecular weight excluding hydrogens is 394 g/mol. The van der Waals surface area contributed by atoms with Crippen LogP contribution in [0.25, 0.3) is 0 Å². The number of benzene rings is 2. The molecular formula is C20H18ClN5O3. The molecule has 2 atom stereocenters. The van der Waals surface area contributed by atoms with Crippen LogP contribution in [0.2, 0.25) is 5.02 Å². The normalized spacial score (nSPS) is 20.4. The number of hydrogen-bond donors (Lipinski definition) is 1. The van der Waals surface area contributed by atoms with E-state index in [9.17, 15) is 14.4 Å². The van der Waals surface area contributed by atoms with Crippen LogP contribution >= 0.6 is 11.6 Å². The number of anilines is 2. The van der Waals surface area contributed by atoms with E-state index < -0.39 is 23.9 Å². The van der Waals surface area contributed by atoms with E-state index in [4.69, 9.17) is 11.6 Å². The highest BCUT2D eigenvalue weighted by Gasteiger charge is 2.55. The average molecular weight is 412 g/mol. The number of halogens is 1. The van der Waals surface area contributed by atoms with Gasteiger partial charge in [-0.2, -0.15) is 5.11 Å². The number of nitrogens with zero attached hydrogens (tertiary/aromatic N) is 4. The zero-order valence-electron chi connectivity index (χ0n) is 15.8. The number of aryl methyl sites for hydroxylation is 2. The van der Waals surface area contributed by atoms with Gasteiger partial charge in [-0.1, -0.05) is 22.9 Å². The Hall–Kier alpha value is -3.26. The molecule has 0 radical (unpaired) electrons. The van der Waals surface area contributed by atoms with E-state index in [1.165, 1.54) is 5.01 Å². The van der Waals surface area contributed by atoms with Crippen molar-refractivity contribution in [1.29, 1.82) is 0 Å². The summed E-state index contributed by atoms with van der Waals surface area (Å²) in [6, 6.07) is 10.1. The third-order valence-electron chi connectivity index (χ3n) is 5.04. The fourth-order valence-electron chi connectivity index (χ4n) is 3.37. The smallest absolute Gasteiger partial charge is 0.263 e. The van der Waals surface area contributed by atoms with Crippen molar-refractivity contribution in [3.63, 3.8) is 0 Å². The van der Waals surface area contributed by atoms with Gasteiger partial charge in [-0.15, -0.1) is 0 Å². The van der Waals surface area contributed by atoms with Crippen LogP contribution in [0.5, 0.6) is 0 Å². The third kappa shape index (κ3) is 3.47. The molecule has 1 fully saturated rings. The Morgan fingerprint density at radius 3 is 2.48 bits per heavy atom. The largest absolute Gasteiger partial charge is 0.324 e. The van der Waals surface area contributed by atoms with Crippen LogP contribution in [0.15, 0.2) is 52.8 Å². The van der Waals surface area contributed by atoms with E-state index in [2.05, 4.69) is 15.7 Å². The molecule has 9 heteroatoms. The molecule has 0 spiro atoms. The summed E-state index contributed by atoms with van der Waals surface area (Å²) in [6.45, 7) is 3.75. The van der Waals surface area contributed by atoms with Gasteiger partial charge in [-0.05, 0) is 61.4 Å². The Morgan fingerprint density at radius 1 is 1.07 bits per heavy atom. The number of fused-ring (bicyclic) bond motifs is 1. The van der Waals surface area contributed by atoms with E-state index in [1.807, 2.05) is 26.0 Å². The van der Waals surface area contributed by atoms with Crippen molar-refractivity contribution in [2.45, 2.75) is 25.9 Å². The molecule has 2 aliphatic heterocycles. The lowest BCUT2D eigenvalue weighted by atomic mass is 10.1. The summed E-state index contributed by atoms with van der Waals surface area (Å²) in [5.74, 6) is -1.28. The molecule has 0 aromatic heterocycles. The SMILES string of the molecule is Cc1ccc(NC(=O)CN2N=N[C@@H]3C(=O)N(c4ccc(Cl)cc4)C(=O)[C@H]32)cc1C. The molecule has 29 heavy (non-hydrogen) atoms. The monoisotopic (exact) mass is 411 g/mol. The second-order valence-electron chi connectivity index (χ2n) is 7.03. The van der Waals surface area contributed by atoms with E-state index in [-0.39, 0.29) is 12.5 Å². The van der Waals surface area contributed by atoms with Crippen molar-refractivity contribution in [3.8, 4) is 0 Å². The van der Waals surface area contributed by atoms with E-state index >= 15 is 0 Å². The number of imide groups is 1. The summed E-state index contributed by atoms with van der Waals surface area (Å²) in [4.78, 5) is 39.1. The summed E-state index contributed by atoms with van der Waals surface area (Å²) in [7, 11) is 0. The number of amides is 3. The summed E-state index contributed by atoms with van der Waals surface area (Å²) in [5, 5.41) is 12.4. The first-order valence-corrected chi connectivity index (χ1v) is 9.41. The molecule has 3 amide bonds. The fourth-order valence-corrected chi connectivity index (χ4v) is 3.49. The van der Waals surface area contributed by atoms with Crippen LogP contribution in [0, 0.1) is 13.8 Å². The lowest BCUT2D eigenvalue weighted by Crippen LogP contribution is -2.43. The second-order valence-corrected chi connectivity index (χ2v) is 7.46. The van der Waals surface area contributed by atoms with Gasteiger partial charge in [0.1, 0.15) is 6.54 Å². The molecule has 4 rings (SSSR count). The number of nitrogens with one attached hydrogen (secondary N) is 1. The molecule has 2 aromatic rings. The second kappa shape index (κ2) is 7.29. The highest BCUT2D eigenvalue weighted by molar-refractivity contribution is 6.31. The van der Waals surface area contributed by atoms with E-state index in [1.54, 1.807) is 30.3 Å². The van der Waals surface area contributed by atoms with Gasteiger partial charge in [0.25, 0.3) is 11.8 Å². The van der Waals surface area contributed by atoms with Gasteiger partial charge in [-0.25, -0.2) is 4.90 Å². The van der Waals surface area contributed by atoms with Gasteiger partial charge in [-0.3, -0.25) is 19.4 Å². The fraction of sp³-hybridized carbons (Fsp3) is 0.250. The summed E-state index contributed by atoms with van der Waals surface area (Å²) in [5.41, 5.74) is 3.24. The standard InChI is InChI=1S/C20H18ClN5O3/c1-11-3-6-14(9-12(11)2)22-16(27)10-25-18-17(23-24-25)19(28)26(20(18)29)15-7-4-13(21)5-8-15/h3-9,17-18H,10H2,1-2H3,(H,22,27)/t17-,18-/m0/s1. The predicted molar refractivity (Wildman–Crippen MR) is 108 cm³/mol. The minimum absolute atomic E-state index is 0.189. The minimum atomic E-state index is -0.951. The number of hydrogen-bond acceptors (Lipinski definition) is 6. The molecule has 2 aliphatic rings. The van der Waals surface area contributed by atoms with Gasteiger partial charge in [0.15, 0.2) is 12.1 Å². The maximum absolute atomic E-state index is 12.9. The Labute approximate surface area is 172 Å². The van der Waals surface area contributed by atoms with Crippen LogP contribution < -0.4 is 10.2 Å². The Kier molecular flexibility index (Phi) is 4.79. The van der Waals surface area contributed by atoms with Crippen LogP contribution in [0.4, 0.5) is 11.4 Å². The summed E-state index contributed by atoms with van der Waals surface area (Å²) in [6.07, 6.45) is 0. The molecule has 148 valence electrons. The number of rotatable bonds is 4. The maximum Gasteiger partial charge on any atom is 0.263 e. The van der Waals surface area contributed by atoms with Crippen LogP contribution in [0.1, 0.15) is 11.1 Å². The zero-order valence-corrected chi connectivity index (χ0v) is 16.6. The minimum Gasteiger partial charge on any atom is -0.324 e. The van der Waals surface area contributed by atoms with Gasteiger partial charge < -0.3 is 5.32 Å². The molecule has 2 aromatic carbocycles. The third-order valence-corrected chi connectivity index (χ3v) is 5.29. The van der Waals surface area contributed by atoms with E-state index in [0.717, 1.165) is 16.0 Å². The molecule has 1 saturated heterocycles. The first-order valence-electron chi connectivity index (χ1n) is 9.03. The highest BCUT2D eigenvalue weighted by atomic mass is 35.5. The quantitative estimate of drug-likeness (QED) is 0.782. The first-order chi connectivity index (χ1) is 13.8. The van der Waals surface area contributed by atoms with Gasteiger partial charge >= 0.3 is 0 Å². The maximum atomic E-state index is 12.9. The van der Waals surface area contributed by atoms with Crippen LogP contribution in [-0.2, 0) is 14.4 Å². The average Bonchev–Trinajstić information content (AvgIpc) is 3.19. The predicted octanol–water partition coefficient (Wildman–Crippen LogP) is 2.89. The van der Waals surface area contributed by atoms with Crippen LogP contribution in [0.3, 0.4) is 0 Å². The highest BCUT2D eigenvalue weighted by Crippen LogP contribution is 2.32. The molecule has 0 saturated carbocycles. The number of carbonyl (C=O) groups excluding carboxylic acids is 3. The zero-order chi connectivity index (χ0) is 20.7. The Balaban J connectivity index is 1.48. The molecule has 2 heterocycles. The lowest BCUT2D eigenvalue weighted by molar-refractivity contribution is -0.123. The molecule has 8 nitrogen and oxygen atoms in total. The Morgan fingerprint density at radius 2 is 1.79 bits per heavy atom.